The quantitative estimate of drug-likeness (QED) is 0.139. The van der Waals surface area contributed by atoms with Crippen LogP contribution in [0.1, 0.15) is 68.5 Å². The molecule has 5 heterocycles. The Bertz CT molecular complexity index is 1760. The van der Waals surface area contributed by atoms with Gasteiger partial charge in [0, 0.05) is 64.1 Å². The maximum atomic E-state index is 11.0. The highest BCUT2D eigenvalue weighted by Gasteiger charge is 2.23. The number of hydrogen-bond acceptors (Lipinski definition) is 3. The van der Waals surface area contributed by atoms with Crippen LogP contribution in [0.2, 0.25) is 0 Å². The van der Waals surface area contributed by atoms with Crippen LogP contribution in [0.4, 0.5) is 5.69 Å². The lowest BCUT2D eigenvalue weighted by molar-refractivity contribution is -0.134. The second-order valence-electron chi connectivity index (χ2n) is 10.9. The highest BCUT2D eigenvalue weighted by atomic mass is 16.4. The van der Waals surface area contributed by atoms with Crippen LogP contribution in [0.5, 0.6) is 5.75 Å². The lowest BCUT2D eigenvalue weighted by atomic mass is 9.92. The first-order valence-electron chi connectivity index (χ1n) is 14.0. The van der Waals surface area contributed by atoms with Gasteiger partial charge in [-0.3, -0.25) is 4.79 Å². The van der Waals surface area contributed by atoms with E-state index >= 15 is 0 Å². The van der Waals surface area contributed by atoms with E-state index in [1.54, 1.807) is 12.1 Å². The molecule has 1 aliphatic rings. The number of aromatic nitrogens is 4. The van der Waals surface area contributed by atoms with Gasteiger partial charge in [-0.05, 0) is 83.9 Å². The molecule has 0 radical (unpaired) electrons. The van der Waals surface area contributed by atoms with Gasteiger partial charge < -0.3 is 35.5 Å². The second-order valence-corrected chi connectivity index (χ2v) is 10.9. The van der Waals surface area contributed by atoms with Gasteiger partial charge in [0.25, 0.3) is 0 Å². The summed E-state index contributed by atoms with van der Waals surface area (Å²) in [6.45, 7) is -0.126. The fraction of sp³-hybridized carbons (Fsp3) is 0.147. The summed E-state index contributed by atoms with van der Waals surface area (Å²) in [5.41, 5.74) is 11.7. The summed E-state index contributed by atoms with van der Waals surface area (Å²) in [5.74, 6) is -0.725. The summed E-state index contributed by atoms with van der Waals surface area (Å²) < 4.78 is 0. The van der Waals surface area contributed by atoms with Crippen molar-refractivity contribution in [3.63, 3.8) is 0 Å². The van der Waals surface area contributed by atoms with Crippen molar-refractivity contribution < 1.29 is 15.0 Å². The lowest BCUT2D eigenvalue weighted by Gasteiger charge is -2.17. The molecule has 0 atom stereocenters. The van der Waals surface area contributed by atoms with Crippen LogP contribution in [0.25, 0.3) is 0 Å². The van der Waals surface area contributed by atoms with E-state index in [9.17, 15) is 9.90 Å². The number of anilines is 1. The topological polar surface area (TPSA) is 133 Å². The van der Waals surface area contributed by atoms with Crippen LogP contribution < -0.4 is 5.32 Å². The molecule has 1 aliphatic heterocycles. The van der Waals surface area contributed by atoms with Gasteiger partial charge in [0.2, 0.25) is 0 Å². The fourth-order valence-electron chi connectivity index (χ4n) is 6.02. The van der Waals surface area contributed by atoms with Gasteiger partial charge in [0.05, 0.1) is 11.8 Å². The molecule has 0 spiro atoms. The van der Waals surface area contributed by atoms with Crippen molar-refractivity contribution in [2.75, 3.05) is 11.9 Å². The number of fused-ring (bicyclic) bond motifs is 8. The summed E-state index contributed by atoms with van der Waals surface area (Å²) in [7, 11) is 0. The van der Waals surface area contributed by atoms with E-state index in [0.717, 1.165) is 75.2 Å². The number of phenolic OH excluding ortho intramolecular Hbond substituents is 1. The van der Waals surface area contributed by atoms with Gasteiger partial charge in [-0.2, -0.15) is 0 Å². The molecule has 8 bridgehead atoms. The molecule has 8 nitrogen and oxygen atoms in total. The maximum absolute atomic E-state index is 11.0. The van der Waals surface area contributed by atoms with Crippen molar-refractivity contribution in [3.05, 3.63) is 154 Å². The third-order valence-corrected chi connectivity index (χ3v) is 8.00. The first-order chi connectivity index (χ1) is 20.5. The lowest BCUT2D eigenvalue weighted by Crippen LogP contribution is -2.12. The number of H-pyrrole nitrogens is 4. The molecule has 0 unspecified atom stereocenters. The average Bonchev–Trinajstić information content (AvgIpc) is 3.80. The highest BCUT2D eigenvalue weighted by Crippen LogP contribution is 2.35. The summed E-state index contributed by atoms with van der Waals surface area (Å²) in [6.07, 6.45) is 1.44. The van der Waals surface area contributed by atoms with Crippen LogP contribution in [-0.2, 0) is 17.6 Å². The number of aliphatic carboxylic acids is 1. The number of hydrogen-bond donors (Lipinski definition) is 7. The summed E-state index contributed by atoms with van der Waals surface area (Å²) in [4.78, 5) is 25.7. The minimum absolute atomic E-state index is 0.0308. The van der Waals surface area contributed by atoms with Crippen molar-refractivity contribution in [1.29, 1.82) is 0 Å². The SMILES string of the molecule is O=C(O)CNc1ccc(C2c3ccc([nH]3)Cc3ccc([nH]3)C(c3ccc(O)cc3)c3ccc([nH]3)Cc3ccc2[nH]3)cc1. The number of aromatic amines is 4. The summed E-state index contributed by atoms with van der Waals surface area (Å²) >= 11 is 0. The zero-order valence-corrected chi connectivity index (χ0v) is 22.8. The summed E-state index contributed by atoms with van der Waals surface area (Å²) in [5, 5.41) is 21.9. The Morgan fingerprint density at radius 2 is 0.976 bits per heavy atom. The molecule has 8 heteroatoms. The minimum atomic E-state index is -0.895. The number of carboxylic acids is 1. The largest absolute Gasteiger partial charge is 0.508 e. The maximum Gasteiger partial charge on any atom is 0.322 e. The third kappa shape index (κ3) is 5.10. The van der Waals surface area contributed by atoms with Crippen molar-refractivity contribution in [3.8, 4) is 5.75 Å². The first kappa shape index (κ1) is 25.6. The Morgan fingerprint density at radius 3 is 1.36 bits per heavy atom. The van der Waals surface area contributed by atoms with E-state index in [1.165, 1.54) is 0 Å². The van der Waals surface area contributed by atoms with E-state index < -0.39 is 5.97 Å². The molecule has 7 rings (SSSR count). The number of aromatic hydroxyl groups is 1. The molecule has 2 aromatic carbocycles. The van der Waals surface area contributed by atoms with Crippen molar-refractivity contribution in [1.82, 2.24) is 19.9 Å². The van der Waals surface area contributed by atoms with E-state index in [-0.39, 0.29) is 24.1 Å². The second kappa shape index (κ2) is 10.6. The zero-order chi connectivity index (χ0) is 28.6. The Kier molecular flexibility index (Phi) is 6.43. The molecular weight excluding hydrogens is 526 g/mol. The molecule has 42 heavy (non-hydrogen) atoms. The highest BCUT2D eigenvalue weighted by molar-refractivity contribution is 5.72. The number of phenols is 1. The standard InChI is InChI=1S/C34H31N5O3/c40-27-11-3-21(4-12-27)34-30-15-9-25(38-30)17-23-7-13-28(36-23)33(20-1-5-22(6-2-20)35-19-32(41)42)29-14-8-24(37-29)18-26-10-16-31(34)39-26/h1-16,33-40H,17-19H2,(H,41,42). The minimum Gasteiger partial charge on any atom is -0.508 e. The Labute approximate surface area is 242 Å². The first-order valence-corrected chi connectivity index (χ1v) is 14.0. The number of nitrogens with one attached hydrogen (secondary N) is 5. The Morgan fingerprint density at radius 1 is 0.595 bits per heavy atom. The molecule has 0 saturated carbocycles. The fourth-order valence-corrected chi connectivity index (χ4v) is 6.02. The predicted octanol–water partition coefficient (Wildman–Crippen LogP) is 6.06. The van der Waals surface area contributed by atoms with E-state index in [0.29, 0.717) is 0 Å². The van der Waals surface area contributed by atoms with Gasteiger partial charge in [-0.25, -0.2) is 0 Å². The van der Waals surface area contributed by atoms with Crippen molar-refractivity contribution >= 4 is 11.7 Å². The van der Waals surface area contributed by atoms with Crippen LogP contribution in [-0.4, -0.2) is 42.7 Å². The van der Waals surface area contributed by atoms with Gasteiger partial charge in [-0.15, -0.1) is 0 Å². The molecule has 210 valence electrons. The predicted molar refractivity (Wildman–Crippen MR) is 161 cm³/mol. The van der Waals surface area contributed by atoms with Crippen LogP contribution in [0.3, 0.4) is 0 Å². The molecule has 0 fully saturated rings. The van der Waals surface area contributed by atoms with E-state index in [1.807, 2.05) is 36.4 Å². The molecule has 4 aromatic heterocycles. The smallest absolute Gasteiger partial charge is 0.322 e. The van der Waals surface area contributed by atoms with Gasteiger partial charge in [-0.1, -0.05) is 24.3 Å². The molecule has 6 aromatic rings. The number of carboxylic acid groups (broad SMARTS) is 1. The Balaban J connectivity index is 1.28. The van der Waals surface area contributed by atoms with Crippen molar-refractivity contribution in [2.45, 2.75) is 24.7 Å². The monoisotopic (exact) mass is 557 g/mol. The number of carbonyl (C=O) groups is 1. The third-order valence-electron chi connectivity index (χ3n) is 8.00. The van der Waals surface area contributed by atoms with Gasteiger partial charge in [0.1, 0.15) is 12.3 Å². The Hall–Kier alpha value is -5.37. The molecule has 7 N–H and O–H groups in total. The molecule has 0 saturated heterocycles. The molecule has 0 aliphatic carbocycles. The van der Waals surface area contributed by atoms with Crippen LogP contribution >= 0.6 is 0 Å². The van der Waals surface area contributed by atoms with Gasteiger partial charge in [0.15, 0.2) is 0 Å². The summed E-state index contributed by atoms with van der Waals surface area (Å²) in [6, 6.07) is 32.5. The average molecular weight is 558 g/mol. The molecular formula is C34H31N5O3. The number of benzene rings is 2. The zero-order valence-electron chi connectivity index (χ0n) is 22.8. The normalized spacial score (nSPS) is 16.3. The number of rotatable bonds is 5. The van der Waals surface area contributed by atoms with Crippen LogP contribution in [0, 0.1) is 0 Å². The van der Waals surface area contributed by atoms with E-state index in [2.05, 4.69) is 73.8 Å². The molecule has 0 amide bonds. The van der Waals surface area contributed by atoms with Crippen molar-refractivity contribution in [2.24, 2.45) is 0 Å². The van der Waals surface area contributed by atoms with Gasteiger partial charge >= 0.3 is 5.97 Å². The van der Waals surface area contributed by atoms with Crippen LogP contribution in [0.15, 0.2) is 97.1 Å². The van der Waals surface area contributed by atoms with E-state index in [4.69, 9.17) is 5.11 Å².